The minimum atomic E-state index is -0.250. The smallest absolute Gasteiger partial charge is 0.290 e. The monoisotopic (exact) mass is 385 g/mol. The Labute approximate surface area is 165 Å². The maximum absolute atomic E-state index is 12.6. The third kappa shape index (κ3) is 7.85. The van der Waals surface area contributed by atoms with E-state index in [0.717, 1.165) is 25.1 Å². The van der Waals surface area contributed by atoms with E-state index in [1.54, 1.807) is 6.20 Å². The molecule has 2 aromatic rings. The lowest BCUT2D eigenvalue weighted by Crippen LogP contribution is -2.46. The second-order valence-electron chi connectivity index (χ2n) is 6.41. The predicted octanol–water partition coefficient (Wildman–Crippen LogP) is 1.69. The Hall–Kier alpha value is -2.77. The molecule has 1 aliphatic heterocycles. The van der Waals surface area contributed by atoms with Gasteiger partial charge in [-0.05, 0) is 23.6 Å². The summed E-state index contributed by atoms with van der Waals surface area (Å²) in [4.78, 5) is 29.3. The van der Waals surface area contributed by atoms with Crippen molar-refractivity contribution in [3.63, 3.8) is 0 Å². The predicted molar refractivity (Wildman–Crippen MR) is 106 cm³/mol. The highest BCUT2D eigenvalue weighted by molar-refractivity contribution is 5.78. The van der Waals surface area contributed by atoms with Crippen LogP contribution in [-0.4, -0.2) is 71.7 Å². The summed E-state index contributed by atoms with van der Waals surface area (Å²) < 4.78 is 5.34. The molecule has 1 aromatic heterocycles. The number of benzene rings is 1. The number of carbonyl (C=O) groups is 2. The number of nitrogens with zero attached hydrogens (tertiary/aromatic N) is 3. The molecule has 0 aliphatic carbocycles. The molecule has 1 N–H and O–H groups in total. The molecule has 3 rings (SSSR count). The molecule has 1 saturated heterocycles. The molecule has 2 heterocycles. The maximum atomic E-state index is 12.6. The molecule has 1 amide bonds. The van der Waals surface area contributed by atoms with Crippen molar-refractivity contribution in [2.24, 2.45) is 0 Å². The highest BCUT2D eigenvalue weighted by Gasteiger charge is 2.19. The molecule has 0 unspecified atom stereocenters. The molecule has 7 heteroatoms. The molecule has 0 atom stereocenters. The highest BCUT2D eigenvalue weighted by atomic mass is 16.5. The quantitative estimate of drug-likeness (QED) is 0.731. The minimum absolute atomic E-state index is 0.181. The lowest BCUT2D eigenvalue weighted by molar-refractivity contribution is -0.136. The van der Waals surface area contributed by atoms with E-state index in [4.69, 9.17) is 14.6 Å². The fourth-order valence-electron chi connectivity index (χ4n) is 3.00. The zero-order chi connectivity index (χ0) is 20.0. The van der Waals surface area contributed by atoms with E-state index in [9.17, 15) is 4.79 Å². The van der Waals surface area contributed by atoms with Gasteiger partial charge in [0.1, 0.15) is 0 Å². The number of amides is 1. The highest BCUT2D eigenvalue weighted by Crippen LogP contribution is 2.08. The van der Waals surface area contributed by atoms with Gasteiger partial charge in [0.05, 0.1) is 19.8 Å². The van der Waals surface area contributed by atoms with Crippen LogP contribution in [-0.2, 0) is 27.3 Å². The number of hydrogen-bond acceptors (Lipinski definition) is 5. The van der Waals surface area contributed by atoms with Gasteiger partial charge in [-0.25, -0.2) is 0 Å². The van der Waals surface area contributed by atoms with Gasteiger partial charge in [-0.2, -0.15) is 0 Å². The van der Waals surface area contributed by atoms with Crippen LogP contribution in [0.1, 0.15) is 11.1 Å². The first-order valence-electron chi connectivity index (χ1n) is 9.31. The van der Waals surface area contributed by atoms with Gasteiger partial charge in [0.25, 0.3) is 6.47 Å². The second kappa shape index (κ2) is 12.6. The van der Waals surface area contributed by atoms with E-state index in [2.05, 4.69) is 40.2 Å². The second-order valence-corrected chi connectivity index (χ2v) is 6.41. The van der Waals surface area contributed by atoms with Gasteiger partial charge in [0.15, 0.2) is 0 Å². The Bertz CT molecular complexity index is 691. The Kier molecular flexibility index (Phi) is 9.68. The van der Waals surface area contributed by atoms with Gasteiger partial charge in [-0.1, -0.05) is 36.4 Å². The molecular formula is C21H27N3O4. The topological polar surface area (TPSA) is 83.0 Å². The number of aromatic nitrogens is 1. The van der Waals surface area contributed by atoms with Crippen LogP contribution in [0.25, 0.3) is 0 Å². The Morgan fingerprint density at radius 2 is 1.82 bits per heavy atom. The molecule has 0 radical (unpaired) electrons. The summed E-state index contributed by atoms with van der Waals surface area (Å²) in [6, 6.07) is 14.4. The fraction of sp³-hybridized carbons (Fsp3) is 0.381. The molecule has 150 valence electrons. The van der Waals surface area contributed by atoms with Crippen molar-refractivity contribution in [3.05, 3.63) is 66.0 Å². The number of carboxylic acid groups (broad SMARTS) is 1. The lowest BCUT2D eigenvalue weighted by Gasteiger charge is -2.30. The van der Waals surface area contributed by atoms with E-state index in [1.165, 1.54) is 5.56 Å². The SMILES string of the molecule is O=C(CN(CCc1ccccc1)Cc1cccnc1)N1CCOCC1.O=CO. The number of carbonyl (C=O) groups excluding carboxylic acids is 1. The van der Waals surface area contributed by atoms with E-state index < -0.39 is 0 Å². The molecule has 7 nitrogen and oxygen atoms in total. The van der Waals surface area contributed by atoms with Gasteiger partial charge >= 0.3 is 0 Å². The lowest BCUT2D eigenvalue weighted by atomic mass is 10.1. The molecular weight excluding hydrogens is 358 g/mol. The van der Waals surface area contributed by atoms with Crippen LogP contribution in [0, 0.1) is 0 Å². The zero-order valence-electron chi connectivity index (χ0n) is 15.9. The Morgan fingerprint density at radius 3 is 2.46 bits per heavy atom. The minimum Gasteiger partial charge on any atom is -0.483 e. The van der Waals surface area contributed by atoms with Gasteiger partial charge < -0.3 is 14.7 Å². The van der Waals surface area contributed by atoms with Gasteiger partial charge in [0, 0.05) is 38.6 Å². The molecule has 0 bridgehead atoms. The van der Waals surface area contributed by atoms with E-state index >= 15 is 0 Å². The third-order valence-electron chi connectivity index (χ3n) is 4.41. The molecule has 28 heavy (non-hydrogen) atoms. The van der Waals surface area contributed by atoms with Crippen LogP contribution in [0.15, 0.2) is 54.9 Å². The van der Waals surface area contributed by atoms with Crippen molar-refractivity contribution < 1.29 is 19.4 Å². The normalized spacial score (nSPS) is 13.5. The molecule has 1 aromatic carbocycles. The maximum Gasteiger partial charge on any atom is 0.290 e. The van der Waals surface area contributed by atoms with Crippen LogP contribution in [0.3, 0.4) is 0 Å². The summed E-state index contributed by atoms with van der Waals surface area (Å²) in [5.41, 5.74) is 2.42. The number of rotatable bonds is 7. The number of morpholine rings is 1. The molecule has 1 aliphatic rings. The van der Waals surface area contributed by atoms with Gasteiger partial charge in [-0.15, -0.1) is 0 Å². The number of pyridine rings is 1. The van der Waals surface area contributed by atoms with Crippen molar-refractivity contribution in [2.75, 3.05) is 39.4 Å². The summed E-state index contributed by atoms with van der Waals surface area (Å²) in [7, 11) is 0. The number of ether oxygens (including phenoxy) is 1. The molecule has 1 fully saturated rings. The van der Waals surface area contributed by atoms with Gasteiger partial charge in [-0.3, -0.25) is 19.5 Å². The molecule has 0 spiro atoms. The fourth-order valence-corrected chi connectivity index (χ4v) is 3.00. The van der Waals surface area contributed by atoms with E-state index in [1.807, 2.05) is 23.2 Å². The standard InChI is InChI=1S/C20H25N3O2.CH2O2/c24-20(23-11-13-25-14-12-23)17-22(16-19-7-4-9-21-15-19)10-8-18-5-2-1-3-6-18;2-1-3/h1-7,9,15H,8,10-14,16-17H2;1H,(H,2,3). The van der Waals surface area contributed by atoms with Crippen LogP contribution < -0.4 is 0 Å². The summed E-state index contributed by atoms with van der Waals surface area (Å²) in [6.45, 7) is 4.42. The van der Waals surface area contributed by atoms with Gasteiger partial charge in [0.2, 0.25) is 5.91 Å². The van der Waals surface area contributed by atoms with Crippen molar-refractivity contribution >= 4 is 12.4 Å². The summed E-state index contributed by atoms with van der Waals surface area (Å²) in [6.07, 6.45) is 4.57. The summed E-state index contributed by atoms with van der Waals surface area (Å²) in [5, 5.41) is 6.89. The third-order valence-corrected chi connectivity index (χ3v) is 4.41. The average molecular weight is 385 g/mol. The first kappa shape index (κ1) is 21.5. The van der Waals surface area contributed by atoms with Crippen molar-refractivity contribution in [2.45, 2.75) is 13.0 Å². The van der Waals surface area contributed by atoms with Crippen LogP contribution in [0.5, 0.6) is 0 Å². The average Bonchev–Trinajstić information content (AvgIpc) is 2.75. The zero-order valence-corrected chi connectivity index (χ0v) is 15.9. The first-order valence-corrected chi connectivity index (χ1v) is 9.31. The van der Waals surface area contributed by atoms with Crippen molar-refractivity contribution in [1.29, 1.82) is 0 Å². The summed E-state index contributed by atoms with van der Waals surface area (Å²) >= 11 is 0. The van der Waals surface area contributed by atoms with E-state index in [0.29, 0.717) is 32.8 Å². The molecule has 0 saturated carbocycles. The van der Waals surface area contributed by atoms with Crippen LogP contribution in [0.2, 0.25) is 0 Å². The Balaban J connectivity index is 0.000000878. The number of hydrogen-bond donors (Lipinski definition) is 1. The van der Waals surface area contributed by atoms with Crippen LogP contribution in [0.4, 0.5) is 0 Å². The van der Waals surface area contributed by atoms with Crippen LogP contribution >= 0.6 is 0 Å². The largest absolute Gasteiger partial charge is 0.483 e. The van der Waals surface area contributed by atoms with Crippen molar-refractivity contribution in [1.82, 2.24) is 14.8 Å². The Morgan fingerprint density at radius 1 is 1.14 bits per heavy atom. The van der Waals surface area contributed by atoms with E-state index in [-0.39, 0.29) is 12.4 Å². The van der Waals surface area contributed by atoms with Crippen molar-refractivity contribution in [3.8, 4) is 0 Å². The first-order chi connectivity index (χ1) is 13.7. The summed E-state index contributed by atoms with van der Waals surface area (Å²) in [5.74, 6) is 0.181.